The van der Waals surface area contributed by atoms with Crippen LogP contribution in [-0.4, -0.2) is 26.0 Å². The van der Waals surface area contributed by atoms with E-state index in [9.17, 15) is 8.42 Å². The van der Waals surface area contributed by atoms with Gasteiger partial charge in [-0.25, -0.2) is 8.42 Å². The van der Waals surface area contributed by atoms with E-state index in [0.29, 0.717) is 6.42 Å². The van der Waals surface area contributed by atoms with Crippen molar-refractivity contribution in [3.8, 4) is 0 Å². The molecule has 0 aromatic carbocycles. The van der Waals surface area contributed by atoms with Crippen molar-refractivity contribution in [1.29, 1.82) is 0 Å². The Morgan fingerprint density at radius 1 is 1.31 bits per heavy atom. The molecule has 2 unspecified atom stereocenters. The molecule has 0 aromatic heterocycles. The SMILES string of the molecule is CC1CCCC(N)(CCCS(C)(=O)=O)CC1. The van der Waals surface area contributed by atoms with Crippen LogP contribution in [0.2, 0.25) is 0 Å². The van der Waals surface area contributed by atoms with E-state index in [1.54, 1.807) is 0 Å². The first kappa shape index (κ1) is 14.0. The van der Waals surface area contributed by atoms with Crippen molar-refractivity contribution < 1.29 is 8.42 Å². The molecular weight excluding hydrogens is 222 g/mol. The van der Waals surface area contributed by atoms with Gasteiger partial charge in [0.2, 0.25) is 0 Å². The Balaban J connectivity index is 2.39. The molecule has 3 nitrogen and oxygen atoms in total. The Morgan fingerprint density at radius 2 is 2.00 bits per heavy atom. The maximum atomic E-state index is 11.1. The summed E-state index contributed by atoms with van der Waals surface area (Å²) in [6.07, 6.45) is 8.62. The number of hydrogen-bond acceptors (Lipinski definition) is 3. The summed E-state index contributed by atoms with van der Waals surface area (Å²) in [6.45, 7) is 2.28. The monoisotopic (exact) mass is 247 g/mol. The maximum absolute atomic E-state index is 11.1. The van der Waals surface area contributed by atoms with Crippen LogP contribution in [0.1, 0.15) is 51.9 Å². The van der Waals surface area contributed by atoms with Crippen LogP contribution in [0.25, 0.3) is 0 Å². The minimum atomic E-state index is -2.83. The smallest absolute Gasteiger partial charge is 0.147 e. The van der Waals surface area contributed by atoms with Crippen LogP contribution >= 0.6 is 0 Å². The van der Waals surface area contributed by atoms with Crippen LogP contribution in [-0.2, 0) is 9.84 Å². The standard InChI is InChI=1S/C12H25NO2S/c1-11-5-3-7-12(13,9-6-11)8-4-10-16(2,14)15/h11H,3-10,13H2,1-2H3. The minimum Gasteiger partial charge on any atom is -0.325 e. The zero-order chi connectivity index (χ0) is 12.2. The molecule has 2 N–H and O–H groups in total. The summed E-state index contributed by atoms with van der Waals surface area (Å²) in [5.74, 6) is 1.06. The van der Waals surface area contributed by atoms with Gasteiger partial charge in [-0.05, 0) is 38.0 Å². The number of rotatable bonds is 4. The molecule has 2 atom stereocenters. The van der Waals surface area contributed by atoms with Crippen molar-refractivity contribution in [2.24, 2.45) is 11.7 Å². The van der Waals surface area contributed by atoms with Crippen LogP contribution in [0, 0.1) is 5.92 Å². The molecule has 0 aliphatic heterocycles. The summed E-state index contributed by atoms with van der Waals surface area (Å²) in [5, 5.41) is 0. The van der Waals surface area contributed by atoms with Gasteiger partial charge in [0.15, 0.2) is 0 Å². The van der Waals surface area contributed by atoms with Gasteiger partial charge in [-0.2, -0.15) is 0 Å². The fourth-order valence-corrected chi connectivity index (χ4v) is 3.21. The lowest BCUT2D eigenvalue weighted by molar-refractivity contribution is 0.338. The summed E-state index contributed by atoms with van der Waals surface area (Å²) in [7, 11) is -2.83. The van der Waals surface area contributed by atoms with Crippen molar-refractivity contribution in [2.45, 2.75) is 57.4 Å². The maximum Gasteiger partial charge on any atom is 0.147 e. The van der Waals surface area contributed by atoms with Gasteiger partial charge < -0.3 is 5.73 Å². The van der Waals surface area contributed by atoms with E-state index < -0.39 is 9.84 Å². The van der Waals surface area contributed by atoms with Gasteiger partial charge in [0, 0.05) is 17.5 Å². The van der Waals surface area contributed by atoms with E-state index in [0.717, 1.165) is 25.2 Å². The third-order valence-electron chi connectivity index (χ3n) is 3.70. The highest BCUT2D eigenvalue weighted by Crippen LogP contribution is 2.31. The Hall–Kier alpha value is -0.0900. The molecule has 1 fully saturated rings. The zero-order valence-electron chi connectivity index (χ0n) is 10.5. The largest absolute Gasteiger partial charge is 0.325 e. The molecule has 96 valence electrons. The molecule has 4 heteroatoms. The fraction of sp³-hybridized carbons (Fsp3) is 1.00. The molecule has 16 heavy (non-hydrogen) atoms. The third-order valence-corrected chi connectivity index (χ3v) is 4.73. The van der Waals surface area contributed by atoms with Crippen molar-refractivity contribution in [2.75, 3.05) is 12.0 Å². The number of sulfone groups is 1. The molecule has 0 heterocycles. The molecule has 1 aliphatic rings. The first-order chi connectivity index (χ1) is 7.31. The van der Waals surface area contributed by atoms with E-state index >= 15 is 0 Å². The van der Waals surface area contributed by atoms with Gasteiger partial charge in [-0.1, -0.05) is 19.8 Å². The van der Waals surface area contributed by atoms with Crippen LogP contribution in [0.4, 0.5) is 0 Å². The Bertz CT molecular complexity index is 313. The molecule has 0 aromatic rings. The third kappa shape index (κ3) is 5.30. The highest BCUT2D eigenvalue weighted by Gasteiger charge is 2.27. The van der Waals surface area contributed by atoms with Crippen molar-refractivity contribution in [3.63, 3.8) is 0 Å². The van der Waals surface area contributed by atoms with Crippen LogP contribution in [0.3, 0.4) is 0 Å². The molecule has 0 saturated heterocycles. The molecule has 1 saturated carbocycles. The van der Waals surface area contributed by atoms with Crippen molar-refractivity contribution in [3.05, 3.63) is 0 Å². The van der Waals surface area contributed by atoms with Gasteiger partial charge >= 0.3 is 0 Å². The van der Waals surface area contributed by atoms with Gasteiger partial charge in [0.1, 0.15) is 9.84 Å². The van der Waals surface area contributed by atoms with Gasteiger partial charge in [-0.3, -0.25) is 0 Å². The highest BCUT2D eigenvalue weighted by molar-refractivity contribution is 7.90. The lowest BCUT2D eigenvalue weighted by Gasteiger charge is -2.28. The van der Waals surface area contributed by atoms with Crippen molar-refractivity contribution in [1.82, 2.24) is 0 Å². The number of hydrogen-bond donors (Lipinski definition) is 1. The summed E-state index contributed by atoms with van der Waals surface area (Å²) >= 11 is 0. The lowest BCUT2D eigenvalue weighted by Crippen LogP contribution is -2.39. The van der Waals surface area contributed by atoms with Crippen LogP contribution < -0.4 is 5.73 Å². The molecular formula is C12H25NO2S. The molecule has 0 spiro atoms. The summed E-state index contributed by atoms with van der Waals surface area (Å²) < 4.78 is 22.1. The lowest BCUT2D eigenvalue weighted by atomic mass is 9.86. The van der Waals surface area contributed by atoms with Crippen LogP contribution in [0.15, 0.2) is 0 Å². The van der Waals surface area contributed by atoms with Gasteiger partial charge in [0.25, 0.3) is 0 Å². The Morgan fingerprint density at radius 3 is 2.62 bits per heavy atom. The molecule has 0 amide bonds. The van der Waals surface area contributed by atoms with E-state index in [1.807, 2.05) is 0 Å². The highest BCUT2D eigenvalue weighted by atomic mass is 32.2. The van der Waals surface area contributed by atoms with E-state index in [-0.39, 0.29) is 11.3 Å². The Labute approximate surface area is 99.7 Å². The topological polar surface area (TPSA) is 60.2 Å². The normalized spacial score (nSPS) is 32.3. The quantitative estimate of drug-likeness (QED) is 0.774. The van der Waals surface area contributed by atoms with E-state index in [4.69, 9.17) is 5.73 Å². The predicted molar refractivity (Wildman–Crippen MR) is 68.1 cm³/mol. The average Bonchev–Trinajstić information content (AvgIpc) is 2.27. The minimum absolute atomic E-state index is 0.102. The molecule has 1 rings (SSSR count). The second-order valence-electron chi connectivity index (χ2n) is 5.63. The second-order valence-corrected chi connectivity index (χ2v) is 7.89. The summed E-state index contributed by atoms with van der Waals surface area (Å²) in [6, 6.07) is 0. The van der Waals surface area contributed by atoms with Crippen molar-refractivity contribution >= 4 is 9.84 Å². The Kier molecular flexibility index (Phi) is 4.80. The molecule has 1 aliphatic carbocycles. The molecule has 0 radical (unpaired) electrons. The summed E-state index contributed by atoms with van der Waals surface area (Å²) in [5.41, 5.74) is 6.25. The number of nitrogens with two attached hydrogens (primary N) is 1. The summed E-state index contributed by atoms with van der Waals surface area (Å²) in [4.78, 5) is 0. The predicted octanol–water partition coefficient (Wildman–Crippen LogP) is 2.11. The van der Waals surface area contributed by atoms with E-state index in [1.165, 1.54) is 25.5 Å². The van der Waals surface area contributed by atoms with E-state index in [2.05, 4.69) is 6.92 Å². The second kappa shape index (κ2) is 5.50. The van der Waals surface area contributed by atoms with Gasteiger partial charge in [0.05, 0.1) is 0 Å². The van der Waals surface area contributed by atoms with Crippen LogP contribution in [0.5, 0.6) is 0 Å². The zero-order valence-corrected chi connectivity index (χ0v) is 11.4. The molecule has 0 bridgehead atoms. The average molecular weight is 247 g/mol. The first-order valence-electron chi connectivity index (χ1n) is 6.27. The fourth-order valence-electron chi connectivity index (χ4n) is 2.54. The first-order valence-corrected chi connectivity index (χ1v) is 8.33. The van der Waals surface area contributed by atoms with Gasteiger partial charge in [-0.15, -0.1) is 0 Å².